The maximum Gasteiger partial charge on any atom is 0.370 e. The molecule has 0 fully saturated rings. The molecule has 0 amide bonds. The molecule has 0 spiro atoms. The van der Waals surface area contributed by atoms with E-state index < -0.39 is 18.2 Å². The normalized spacial score (nSPS) is 21.2. The number of allylic oxidation sites excluding steroid dienone is 1. The van der Waals surface area contributed by atoms with Crippen molar-refractivity contribution in [2.75, 3.05) is 13.2 Å². The average Bonchev–Trinajstić information content (AvgIpc) is 2.95. The van der Waals surface area contributed by atoms with E-state index in [4.69, 9.17) is 9.47 Å². The molecule has 2 aromatic rings. The lowest BCUT2D eigenvalue weighted by atomic mass is 9.80. The minimum atomic E-state index is -1.21. The molecule has 0 saturated carbocycles. The highest BCUT2D eigenvalue weighted by Crippen LogP contribution is 2.39. The number of benzene rings is 1. The first-order chi connectivity index (χ1) is 14.4. The number of rotatable bonds is 8. The highest BCUT2D eigenvalue weighted by Gasteiger charge is 2.40. The van der Waals surface area contributed by atoms with Crippen LogP contribution in [0.15, 0.2) is 47.0 Å². The summed E-state index contributed by atoms with van der Waals surface area (Å²) in [5, 5.41) is 18.9. The molecular weight excluding hydrogens is 388 g/mol. The van der Waals surface area contributed by atoms with Gasteiger partial charge >= 0.3 is 5.97 Å². The summed E-state index contributed by atoms with van der Waals surface area (Å²) in [6, 6.07) is 9.29. The van der Waals surface area contributed by atoms with Crippen LogP contribution in [0.3, 0.4) is 0 Å². The van der Waals surface area contributed by atoms with Crippen molar-refractivity contribution in [3.8, 4) is 5.69 Å². The zero-order chi connectivity index (χ0) is 21.8. The first kappa shape index (κ1) is 21.9. The maximum atomic E-state index is 13.5. The Balaban J connectivity index is 2.18. The molecule has 30 heavy (non-hydrogen) atoms. The van der Waals surface area contributed by atoms with Gasteiger partial charge in [0.05, 0.1) is 5.69 Å². The van der Waals surface area contributed by atoms with Crippen LogP contribution in [0.4, 0.5) is 0 Å². The Morgan fingerprint density at radius 1 is 1.27 bits per heavy atom. The number of hydrogen-bond donors (Lipinski definition) is 2. The number of carboxylic acids is 1. The topological polar surface area (TPSA) is 103 Å². The smallest absolute Gasteiger partial charge is 0.370 e. The van der Waals surface area contributed by atoms with Gasteiger partial charge in [-0.25, -0.2) is 9.48 Å². The third-order valence-electron chi connectivity index (χ3n) is 5.55. The quantitative estimate of drug-likeness (QED) is 0.685. The van der Waals surface area contributed by atoms with Gasteiger partial charge in [0, 0.05) is 43.4 Å². The van der Waals surface area contributed by atoms with E-state index in [1.807, 2.05) is 37.3 Å². The van der Waals surface area contributed by atoms with Gasteiger partial charge in [0.2, 0.25) is 12.0 Å². The van der Waals surface area contributed by atoms with Gasteiger partial charge in [-0.2, -0.15) is 0 Å². The standard InChI is InChI=1S/C22H28N2O6/c1-4-29-22-16(11-8-12-25)17(13-18(30-22)21(27)28)19-14(2)23(3)24(20(19)26)15-9-6-5-7-10-15/h5-7,9-10,13,16-17,22,25H,4,8,11-12H2,1-3H3,(H,27,28)/t16-,17-,22+/m0/s1. The third kappa shape index (κ3) is 4.06. The molecule has 8 nitrogen and oxygen atoms in total. The molecule has 0 aliphatic carbocycles. The zero-order valence-corrected chi connectivity index (χ0v) is 17.4. The predicted molar refractivity (Wildman–Crippen MR) is 111 cm³/mol. The summed E-state index contributed by atoms with van der Waals surface area (Å²) in [5.74, 6) is -2.26. The number of para-hydroxylation sites is 1. The molecule has 3 rings (SSSR count). The second-order valence-corrected chi connectivity index (χ2v) is 7.31. The summed E-state index contributed by atoms with van der Waals surface area (Å²) in [7, 11) is 1.80. The van der Waals surface area contributed by atoms with Crippen molar-refractivity contribution < 1.29 is 24.5 Å². The molecule has 1 aliphatic heterocycles. The lowest BCUT2D eigenvalue weighted by Crippen LogP contribution is -2.38. The lowest BCUT2D eigenvalue weighted by molar-refractivity contribution is -0.173. The zero-order valence-electron chi connectivity index (χ0n) is 17.4. The molecule has 3 atom stereocenters. The monoisotopic (exact) mass is 416 g/mol. The van der Waals surface area contributed by atoms with E-state index in [9.17, 15) is 19.8 Å². The van der Waals surface area contributed by atoms with Crippen LogP contribution >= 0.6 is 0 Å². The van der Waals surface area contributed by atoms with Gasteiger partial charge in [0.25, 0.3) is 5.56 Å². The molecule has 2 N–H and O–H groups in total. The van der Waals surface area contributed by atoms with Crippen molar-refractivity contribution in [2.24, 2.45) is 13.0 Å². The number of aliphatic hydroxyl groups is 1. The van der Waals surface area contributed by atoms with Gasteiger partial charge in [-0.05, 0) is 44.9 Å². The summed E-state index contributed by atoms with van der Waals surface area (Å²) < 4.78 is 14.6. The number of carboxylic acid groups (broad SMARTS) is 1. The summed E-state index contributed by atoms with van der Waals surface area (Å²) in [5.41, 5.74) is 1.76. The number of aliphatic hydroxyl groups excluding tert-OH is 1. The van der Waals surface area contributed by atoms with Crippen LogP contribution in [0.1, 0.15) is 36.9 Å². The maximum absolute atomic E-state index is 13.5. The number of ether oxygens (including phenoxy) is 2. The van der Waals surface area contributed by atoms with Crippen LogP contribution in [-0.2, 0) is 21.3 Å². The third-order valence-corrected chi connectivity index (χ3v) is 5.55. The fraction of sp³-hybridized carbons (Fsp3) is 0.455. The number of nitrogens with zero attached hydrogens (tertiary/aromatic N) is 2. The Hall–Kier alpha value is -2.84. The molecule has 0 radical (unpaired) electrons. The molecule has 1 aromatic heterocycles. The van der Waals surface area contributed by atoms with Gasteiger partial charge < -0.3 is 19.7 Å². The van der Waals surface area contributed by atoms with Crippen LogP contribution in [-0.4, -0.2) is 45.0 Å². The highest BCUT2D eigenvalue weighted by molar-refractivity contribution is 5.84. The summed E-state index contributed by atoms with van der Waals surface area (Å²) >= 11 is 0. The number of carbonyl (C=O) groups is 1. The van der Waals surface area contributed by atoms with Crippen LogP contribution < -0.4 is 5.56 Å². The highest BCUT2D eigenvalue weighted by atomic mass is 16.7. The minimum absolute atomic E-state index is 0.0143. The first-order valence-corrected chi connectivity index (χ1v) is 10.1. The molecular formula is C22H28N2O6. The van der Waals surface area contributed by atoms with Crippen LogP contribution in [0.5, 0.6) is 0 Å². The average molecular weight is 416 g/mol. The Morgan fingerprint density at radius 2 is 1.97 bits per heavy atom. The Kier molecular flexibility index (Phi) is 6.79. The molecule has 1 aromatic carbocycles. The van der Waals surface area contributed by atoms with Crippen molar-refractivity contribution in [3.05, 3.63) is 63.8 Å². The van der Waals surface area contributed by atoms with Gasteiger partial charge in [-0.1, -0.05) is 18.2 Å². The van der Waals surface area contributed by atoms with Crippen LogP contribution in [0, 0.1) is 12.8 Å². The molecule has 2 heterocycles. The van der Waals surface area contributed by atoms with Crippen molar-refractivity contribution in [3.63, 3.8) is 0 Å². The van der Waals surface area contributed by atoms with Crippen molar-refractivity contribution in [2.45, 2.75) is 38.9 Å². The van der Waals surface area contributed by atoms with Gasteiger partial charge in [-0.3, -0.25) is 9.48 Å². The molecule has 0 unspecified atom stereocenters. The van der Waals surface area contributed by atoms with Crippen LogP contribution in [0.25, 0.3) is 5.69 Å². The van der Waals surface area contributed by atoms with Crippen molar-refractivity contribution in [1.29, 1.82) is 0 Å². The van der Waals surface area contributed by atoms with E-state index in [2.05, 4.69) is 0 Å². The fourth-order valence-corrected chi connectivity index (χ4v) is 4.06. The second-order valence-electron chi connectivity index (χ2n) is 7.31. The van der Waals surface area contributed by atoms with E-state index in [1.54, 1.807) is 23.3 Å². The first-order valence-electron chi connectivity index (χ1n) is 10.1. The van der Waals surface area contributed by atoms with Crippen molar-refractivity contribution in [1.82, 2.24) is 9.36 Å². The second kappa shape index (κ2) is 9.32. The summed E-state index contributed by atoms with van der Waals surface area (Å²) in [6.07, 6.45) is 1.70. The SMILES string of the molecule is CCO[C@@H]1OC(C(=O)O)=C[C@H](c2c(C)n(C)n(-c3ccccc3)c2=O)[C@@H]1CCCO. The Bertz CT molecular complexity index is 976. The van der Waals surface area contributed by atoms with E-state index in [1.165, 1.54) is 6.08 Å². The number of hydrogen-bond acceptors (Lipinski definition) is 5. The molecule has 8 heteroatoms. The van der Waals surface area contributed by atoms with Gasteiger partial charge in [0.1, 0.15) is 0 Å². The molecule has 1 aliphatic rings. The Labute approximate surface area is 174 Å². The van der Waals surface area contributed by atoms with Gasteiger partial charge in [0.15, 0.2) is 0 Å². The van der Waals surface area contributed by atoms with E-state index in [-0.39, 0.29) is 23.8 Å². The fourth-order valence-electron chi connectivity index (χ4n) is 4.06. The predicted octanol–water partition coefficient (Wildman–Crippen LogP) is 2.32. The van der Waals surface area contributed by atoms with Crippen molar-refractivity contribution >= 4 is 5.97 Å². The number of aliphatic carboxylic acids is 1. The summed E-state index contributed by atoms with van der Waals surface area (Å²) in [6.45, 7) is 3.97. The van der Waals surface area contributed by atoms with E-state index >= 15 is 0 Å². The Morgan fingerprint density at radius 3 is 2.57 bits per heavy atom. The molecule has 162 valence electrons. The lowest BCUT2D eigenvalue weighted by Gasteiger charge is -2.36. The van der Waals surface area contributed by atoms with Gasteiger partial charge in [-0.15, -0.1) is 0 Å². The summed E-state index contributed by atoms with van der Waals surface area (Å²) in [4.78, 5) is 25.2. The molecule has 0 saturated heterocycles. The van der Waals surface area contributed by atoms with E-state index in [0.717, 1.165) is 11.4 Å². The largest absolute Gasteiger partial charge is 0.475 e. The molecule has 0 bridgehead atoms. The van der Waals surface area contributed by atoms with Crippen LogP contribution in [0.2, 0.25) is 0 Å². The number of aromatic nitrogens is 2. The van der Waals surface area contributed by atoms with E-state index in [0.29, 0.717) is 25.0 Å². The minimum Gasteiger partial charge on any atom is -0.475 e.